The van der Waals surface area contributed by atoms with Crippen LogP contribution in [-0.4, -0.2) is 45.1 Å². The van der Waals surface area contributed by atoms with Crippen molar-refractivity contribution in [1.29, 1.82) is 0 Å². The number of likely N-dealkylation sites (tertiary alicyclic amines) is 1. The normalized spacial score (nSPS) is 21.1. The van der Waals surface area contributed by atoms with Crippen LogP contribution >= 0.6 is 34.8 Å². The molecule has 0 radical (unpaired) electrons. The second kappa shape index (κ2) is 5.98. The Kier molecular flexibility index (Phi) is 5.16. The van der Waals surface area contributed by atoms with Gasteiger partial charge in [0.1, 0.15) is 12.6 Å². The Balaban J connectivity index is 2.56. The van der Waals surface area contributed by atoms with E-state index in [-0.39, 0.29) is 0 Å². The number of alkyl halides is 3. The van der Waals surface area contributed by atoms with E-state index in [1.807, 2.05) is 0 Å². The third-order valence-corrected chi connectivity index (χ3v) is 2.71. The highest BCUT2D eigenvalue weighted by atomic mass is 35.6. The first-order valence-corrected chi connectivity index (χ1v) is 6.17. The molecule has 1 heterocycles. The minimum atomic E-state index is -1.69. The molecular weight excluding hydrogens is 292 g/mol. The van der Waals surface area contributed by atoms with Crippen LogP contribution in [0.3, 0.4) is 0 Å². The highest BCUT2D eigenvalue weighted by Crippen LogP contribution is 2.27. The zero-order chi connectivity index (χ0) is 13.1. The van der Waals surface area contributed by atoms with Gasteiger partial charge in [0.25, 0.3) is 0 Å². The maximum Gasteiger partial charge on any atom is 0.410 e. The van der Waals surface area contributed by atoms with Crippen LogP contribution in [0.1, 0.15) is 19.3 Å². The van der Waals surface area contributed by atoms with Gasteiger partial charge >= 0.3 is 12.1 Å². The van der Waals surface area contributed by atoms with Gasteiger partial charge in [-0.2, -0.15) is 0 Å². The third kappa shape index (κ3) is 4.77. The molecule has 0 aromatic rings. The van der Waals surface area contributed by atoms with Crippen LogP contribution in [0.15, 0.2) is 0 Å². The van der Waals surface area contributed by atoms with Crippen molar-refractivity contribution in [2.75, 3.05) is 13.2 Å². The number of hydrogen-bond acceptors (Lipinski definition) is 3. The van der Waals surface area contributed by atoms with Crippen LogP contribution in [-0.2, 0) is 9.53 Å². The molecule has 8 heteroatoms. The van der Waals surface area contributed by atoms with Gasteiger partial charge in [-0.1, -0.05) is 34.8 Å². The van der Waals surface area contributed by atoms with Crippen molar-refractivity contribution < 1.29 is 19.4 Å². The van der Waals surface area contributed by atoms with Crippen molar-refractivity contribution in [3.8, 4) is 0 Å². The topological polar surface area (TPSA) is 66.8 Å². The number of rotatable bonds is 2. The number of aliphatic carboxylic acids is 1. The van der Waals surface area contributed by atoms with Gasteiger partial charge in [0.2, 0.25) is 3.79 Å². The van der Waals surface area contributed by atoms with E-state index in [1.165, 1.54) is 0 Å². The van der Waals surface area contributed by atoms with Gasteiger partial charge in [-0.15, -0.1) is 0 Å². The van der Waals surface area contributed by atoms with E-state index in [4.69, 9.17) is 44.6 Å². The van der Waals surface area contributed by atoms with Gasteiger partial charge in [-0.05, 0) is 19.3 Å². The lowest BCUT2D eigenvalue weighted by molar-refractivity contribution is -0.143. The maximum absolute atomic E-state index is 11.6. The first kappa shape index (κ1) is 14.7. The zero-order valence-corrected chi connectivity index (χ0v) is 11.1. The summed E-state index contributed by atoms with van der Waals surface area (Å²) in [4.78, 5) is 23.7. The molecule has 17 heavy (non-hydrogen) atoms. The van der Waals surface area contributed by atoms with E-state index in [0.29, 0.717) is 13.0 Å². The maximum atomic E-state index is 11.6. The molecule has 1 amide bonds. The lowest BCUT2D eigenvalue weighted by Crippen LogP contribution is -2.48. The molecule has 0 aromatic carbocycles. The summed E-state index contributed by atoms with van der Waals surface area (Å²) in [5.41, 5.74) is 0. The summed E-state index contributed by atoms with van der Waals surface area (Å²) in [7, 11) is 0. The quantitative estimate of drug-likeness (QED) is 0.796. The Morgan fingerprint density at radius 1 is 1.35 bits per heavy atom. The summed E-state index contributed by atoms with van der Waals surface area (Å²) >= 11 is 16.3. The van der Waals surface area contributed by atoms with Crippen molar-refractivity contribution in [2.45, 2.75) is 29.1 Å². The number of carboxylic acids is 1. The number of hydrogen-bond donors (Lipinski definition) is 1. The van der Waals surface area contributed by atoms with Crippen LogP contribution in [0.2, 0.25) is 0 Å². The highest BCUT2D eigenvalue weighted by Gasteiger charge is 2.34. The van der Waals surface area contributed by atoms with Crippen molar-refractivity contribution in [2.24, 2.45) is 0 Å². The summed E-state index contributed by atoms with van der Waals surface area (Å²) in [6.07, 6.45) is 1.17. The molecule has 0 aliphatic carbocycles. The number of carbonyl (C=O) groups excluding carboxylic acids is 1. The summed E-state index contributed by atoms with van der Waals surface area (Å²) in [6.45, 7) is -0.0605. The van der Waals surface area contributed by atoms with Gasteiger partial charge in [0.15, 0.2) is 0 Å². The Hall–Kier alpha value is -0.390. The number of amides is 1. The fourth-order valence-corrected chi connectivity index (χ4v) is 1.80. The molecular formula is C9H12Cl3NO4. The Morgan fingerprint density at radius 3 is 2.53 bits per heavy atom. The van der Waals surface area contributed by atoms with Gasteiger partial charge in [0, 0.05) is 6.54 Å². The second-order valence-corrected chi connectivity index (χ2v) is 6.23. The van der Waals surface area contributed by atoms with Gasteiger partial charge in [0.05, 0.1) is 0 Å². The number of halogens is 3. The summed E-state index contributed by atoms with van der Waals surface area (Å²) in [5.74, 6) is -1.05. The number of carboxylic acid groups (broad SMARTS) is 1. The van der Waals surface area contributed by atoms with Crippen LogP contribution in [0, 0.1) is 0 Å². The van der Waals surface area contributed by atoms with Gasteiger partial charge in [-0.3, -0.25) is 4.90 Å². The fraction of sp³-hybridized carbons (Fsp3) is 0.778. The van der Waals surface area contributed by atoms with E-state index >= 15 is 0 Å². The fourth-order valence-electron chi connectivity index (χ4n) is 1.63. The largest absolute Gasteiger partial charge is 0.480 e. The molecule has 0 bridgehead atoms. The third-order valence-electron chi connectivity index (χ3n) is 2.38. The molecule has 0 saturated carbocycles. The first-order chi connectivity index (χ1) is 7.81. The molecule has 1 saturated heterocycles. The van der Waals surface area contributed by atoms with Crippen molar-refractivity contribution in [3.63, 3.8) is 0 Å². The molecule has 1 N–H and O–H groups in total. The molecule has 1 rings (SSSR count). The molecule has 1 unspecified atom stereocenters. The molecule has 98 valence electrons. The van der Waals surface area contributed by atoms with Crippen molar-refractivity contribution in [1.82, 2.24) is 4.90 Å². The van der Waals surface area contributed by atoms with Crippen LogP contribution in [0.4, 0.5) is 4.79 Å². The van der Waals surface area contributed by atoms with Crippen molar-refractivity contribution in [3.05, 3.63) is 0 Å². The molecule has 0 spiro atoms. The van der Waals surface area contributed by atoms with E-state index in [1.54, 1.807) is 0 Å². The molecule has 0 aromatic heterocycles. The number of carbonyl (C=O) groups is 2. The van der Waals surface area contributed by atoms with Crippen LogP contribution in [0.25, 0.3) is 0 Å². The Bertz CT molecular complexity index is 305. The zero-order valence-electron chi connectivity index (χ0n) is 8.87. The van der Waals surface area contributed by atoms with E-state index in [9.17, 15) is 9.59 Å². The Labute approximate surface area is 114 Å². The van der Waals surface area contributed by atoms with Crippen LogP contribution < -0.4 is 0 Å². The van der Waals surface area contributed by atoms with Gasteiger partial charge in [-0.25, -0.2) is 9.59 Å². The SMILES string of the molecule is O=C(O)C1CCCCN1C(=O)OCC(Cl)(Cl)Cl. The summed E-state index contributed by atoms with van der Waals surface area (Å²) in [5, 5.41) is 8.96. The average Bonchev–Trinajstić information content (AvgIpc) is 2.25. The lowest BCUT2D eigenvalue weighted by Gasteiger charge is -2.32. The highest BCUT2D eigenvalue weighted by molar-refractivity contribution is 6.67. The van der Waals surface area contributed by atoms with E-state index in [2.05, 4.69) is 0 Å². The van der Waals surface area contributed by atoms with Crippen molar-refractivity contribution >= 4 is 46.9 Å². The first-order valence-electron chi connectivity index (χ1n) is 5.04. The predicted octanol–water partition coefficient (Wildman–Crippen LogP) is 2.43. The van der Waals surface area contributed by atoms with Crippen LogP contribution in [0.5, 0.6) is 0 Å². The molecule has 1 fully saturated rings. The van der Waals surface area contributed by atoms with Gasteiger partial charge < -0.3 is 9.84 Å². The number of piperidine rings is 1. The predicted molar refractivity (Wildman–Crippen MR) is 63.6 cm³/mol. The lowest BCUT2D eigenvalue weighted by atomic mass is 10.0. The monoisotopic (exact) mass is 303 g/mol. The molecule has 5 nitrogen and oxygen atoms in total. The average molecular weight is 305 g/mol. The molecule has 1 aliphatic heterocycles. The second-order valence-electron chi connectivity index (χ2n) is 3.71. The molecule has 1 atom stereocenters. The molecule has 1 aliphatic rings. The minimum absolute atomic E-state index is 0.343. The minimum Gasteiger partial charge on any atom is -0.480 e. The number of ether oxygens (including phenoxy) is 1. The van der Waals surface area contributed by atoms with E-state index < -0.39 is 28.5 Å². The van der Waals surface area contributed by atoms with E-state index in [0.717, 1.165) is 17.7 Å². The number of nitrogens with zero attached hydrogens (tertiary/aromatic N) is 1. The summed E-state index contributed by atoms with van der Waals surface area (Å²) in [6, 6.07) is -0.855. The Morgan fingerprint density at radius 2 is 2.00 bits per heavy atom. The summed E-state index contributed by atoms with van der Waals surface area (Å²) < 4.78 is 3.06. The standard InChI is InChI=1S/C9H12Cl3NO4/c10-9(11,12)5-17-8(16)13-4-2-1-3-6(13)7(14)15/h6H,1-5H2,(H,14,15). The smallest absolute Gasteiger partial charge is 0.410 e.